The van der Waals surface area contributed by atoms with Crippen molar-refractivity contribution in [2.75, 3.05) is 27.8 Å². The summed E-state index contributed by atoms with van der Waals surface area (Å²) in [6.45, 7) is 2.47. The number of nitrogens with one attached hydrogen (secondary N) is 2. The molecule has 12 heteroatoms. The van der Waals surface area contributed by atoms with Crippen molar-refractivity contribution in [1.82, 2.24) is 19.3 Å². The molecule has 1 heterocycles. The molecule has 40 heavy (non-hydrogen) atoms. The first-order chi connectivity index (χ1) is 19.2. The lowest BCUT2D eigenvalue weighted by atomic mass is 10.1. The van der Waals surface area contributed by atoms with Gasteiger partial charge in [0.1, 0.15) is 22.2 Å². The number of methoxy groups -OCH3 is 2. The van der Waals surface area contributed by atoms with Crippen molar-refractivity contribution in [3.05, 3.63) is 74.7 Å². The van der Waals surface area contributed by atoms with E-state index in [0.29, 0.717) is 35.0 Å². The number of carbonyl (C=O) groups is 2. The maximum atomic E-state index is 13.9. The Balaban J connectivity index is 1.63. The maximum Gasteiger partial charge on any atom is 0.301 e. The Morgan fingerprint density at radius 2 is 1.75 bits per heavy atom. The van der Waals surface area contributed by atoms with E-state index in [4.69, 9.17) is 9.47 Å². The van der Waals surface area contributed by atoms with Gasteiger partial charge in [0.15, 0.2) is 0 Å². The number of aromatic nitrogens is 1. The van der Waals surface area contributed by atoms with Crippen LogP contribution in [0.3, 0.4) is 0 Å². The number of hydrogen-bond acceptors (Lipinski definition) is 8. The van der Waals surface area contributed by atoms with E-state index >= 15 is 0 Å². The molecule has 1 aliphatic rings. The van der Waals surface area contributed by atoms with Crippen molar-refractivity contribution in [3.63, 3.8) is 0 Å². The predicted molar refractivity (Wildman–Crippen MR) is 153 cm³/mol. The summed E-state index contributed by atoms with van der Waals surface area (Å²) in [7, 11) is 0.330. The van der Waals surface area contributed by atoms with Crippen LogP contribution in [0, 0.1) is 6.92 Å². The predicted octanol–water partition coefficient (Wildman–Crippen LogP) is 3.82. The Hall–Kier alpha value is -3.48. The molecule has 1 aromatic heterocycles. The molecule has 10 nitrogen and oxygen atoms in total. The van der Waals surface area contributed by atoms with Crippen molar-refractivity contribution >= 4 is 33.4 Å². The van der Waals surface area contributed by atoms with Gasteiger partial charge in [-0.3, -0.25) is 9.59 Å². The Kier molecular flexibility index (Phi) is 9.44. The fourth-order valence-corrected chi connectivity index (χ4v) is 6.07. The summed E-state index contributed by atoms with van der Waals surface area (Å²) < 4.78 is 38.9. The van der Waals surface area contributed by atoms with E-state index in [9.17, 15) is 18.0 Å². The van der Waals surface area contributed by atoms with Crippen molar-refractivity contribution in [2.45, 2.75) is 45.1 Å². The summed E-state index contributed by atoms with van der Waals surface area (Å²) in [5.41, 5.74) is 2.47. The van der Waals surface area contributed by atoms with Gasteiger partial charge in [0, 0.05) is 29.6 Å². The minimum atomic E-state index is -3.98. The molecule has 2 amide bonds. The highest BCUT2D eigenvalue weighted by Gasteiger charge is 2.33. The first-order valence-electron chi connectivity index (χ1n) is 13.0. The van der Waals surface area contributed by atoms with E-state index < -0.39 is 16.1 Å². The number of hydrogen-bond donors (Lipinski definition) is 2. The zero-order chi connectivity index (χ0) is 28.9. The molecule has 2 aromatic carbocycles. The second kappa shape index (κ2) is 12.8. The Morgan fingerprint density at radius 1 is 1.10 bits per heavy atom. The molecule has 1 saturated carbocycles. The molecule has 1 fully saturated rings. The van der Waals surface area contributed by atoms with E-state index in [1.165, 1.54) is 23.9 Å². The van der Waals surface area contributed by atoms with Crippen LogP contribution >= 0.6 is 11.3 Å². The summed E-state index contributed by atoms with van der Waals surface area (Å²) >= 11 is 1.35. The van der Waals surface area contributed by atoms with E-state index in [0.717, 1.165) is 29.7 Å². The van der Waals surface area contributed by atoms with Crippen LogP contribution in [0.15, 0.2) is 42.5 Å². The molecule has 4 rings (SSSR count). The van der Waals surface area contributed by atoms with Gasteiger partial charge in [0.25, 0.3) is 11.8 Å². The number of ether oxygens (including phenoxy) is 2. The van der Waals surface area contributed by atoms with Crippen LogP contribution in [0.1, 0.15) is 67.0 Å². The molecule has 1 aliphatic carbocycles. The number of nitrogens with zero attached hydrogens (tertiary/aromatic N) is 2. The molecule has 3 aromatic rings. The molecule has 0 atom stereocenters. The van der Waals surface area contributed by atoms with Gasteiger partial charge >= 0.3 is 10.2 Å². The Bertz CT molecular complexity index is 1440. The molecular formula is C28H34N4O6S2. The third-order valence-corrected chi connectivity index (χ3v) is 8.90. The SMILES string of the molecule is CNS(=O)(=O)NC(=O)c1nc(CN(CCCc2ccccc2)C(=O)c2cc(OC)c(C)c(OC)c2)sc1C1CC1. The summed E-state index contributed by atoms with van der Waals surface area (Å²) in [6.07, 6.45) is 3.31. The van der Waals surface area contributed by atoms with E-state index in [-0.39, 0.29) is 24.1 Å². The fourth-order valence-electron chi connectivity index (χ4n) is 4.38. The van der Waals surface area contributed by atoms with Crippen LogP contribution < -0.4 is 18.9 Å². The van der Waals surface area contributed by atoms with Gasteiger partial charge in [-0.15, -0.1) is 11.3 Å². The minimum Gasteiger partial charge on any atom is -0.496 e. The van der Waals surface area contributed by atoms with Gasteiger partial charge in [0.2, 0.25) is 0 Å². The summed E-state index contributed by atoms with van der Waals surface area (Å²) in [6, 6.07) is 13.4. The third-order valence-electron chi connectivity index (χ3n) is 6.71. The van der Waals surface area contributed by atoms with Crippen LogP contribution in [0.4, 0.5) is 0 Å². The van der Waals surface area contributed by atoms with Crippen LogP contribution in [0.25, 0.3) is 0 Å². The van der Waals surface area contributed by atoms with Crippen molar-refractivity contribution in [1.29, 1.82) is 0 Å². The standard InChI is InChI=1S/C28H34N4O6S2/c1-18-22(37-3)15-21(16-23(18)38-4)28(34)32(14-8-11-19-9-6-5-7-10-19)17-24-30-25(26(39-24)20-12-13-20)27(33)31-40(35,36)29-2/h5-7,9-10,15-16,20,29H,8,11-14,17H2,1-4H3,(H,31,33). The average Bonchev–Trinajstić information content (AvgIpc) is 3.71. The Labute approximate surface area is 238 Å². The van der Waals surface area contributed by atoms with Crippen molar-refractivity contribution in [2.24, 2.45) is 0 Å². The van der Waals surface area contributed by atoms with Gasteiger partial charge in [0.05, 0.1) is 20.8 Å². The normalized spacial score (nSPS) is 13.1. The van der Waals surface area contributed by atoms with Gasteiger partial charge in [-0.2, -0.15) is 8.42 Å². The zero-order valence-corrected chi connectivity index (χ0v) is 24.7. The third kappa shape index (κ3) is 7.18. The smallest absolute Gasteiger partial charge is 0.301 e. The molecular weight excluding hydrogens is 552 g/mol. The highest BCUT2D eigenvalue weighted by atomic mass is 32.2. The van der Waals surface area contributed by atoms with Gasteiger partial charge in [-0.25, -0.2) is 14.4 Å². The molecule has 0 radical (unpaired) electrons. The summed E-state index contributed by atoms with van der Waals surface area (Å²) in [5.74, 6) is 0.242. The molecule has 214 valence electrons. The van der Waals surface area contributed by atoms with E-state index in [1.807, 2.05) is 29.8 Å². The molecule has 0 bridgehead atoms. The zero-order valence-electron chi connectivity index (χ0n) is 23.0. The molecule has 0 saturated heterocycles. The quantitative estimate of drug-likeness (QED) is 0.312. The number of aryl methyl sites for hydroxylation is 1. The first kappa shape index (κ1) is 29.5. The molecule has 0 spiro atoms. The van der Waals surface area contributed by atoms with Crippen molar-refractivity contribution < 1.29 is 27.5 Å². The van der Waals surface area contributed by atoms with Crippen LogP contribution in [0.5, 0.6) is 11.5 Å². The van der Waals surface area contributed by atoms with Crippen LogP contribution in [0.2, 0.25) is 0 Å². The van der Waals surface area contributed by atoms with E-state index in [1.54, 1.807) is 31.3 Å². The molecule has 2 N–H and O–H groups in total. The van der Waals surface area contributed by atoms with Crippen LogP contribution in [-0.4, -0.2) is 57.9 Å². The highest BCUT2D eigenvalue weighted by molar-refractivity contribution is 7.88. The fraction of sp³-hybridized carbons (Fsp3) is 0.393. The van der Waals surface area contributed by atoms with Gasteiger partial charge in [-0.05, 0) is 56.2 Å². The first-order valence-corrected chi connectivity index (χ1v) is 15.3. The van der Waals surface area contributed by atoms with E-state index in [2.05, 4.69) is 21.8 Å². The number of amides is 2. The average molecular weight is 587 g/mol. The van der Waals surface area contributed by atoms with Crippen molar-refractivity contribution in [3.8, 4) is 11.5 Å². The summed E-state index contributed by atoms with van der Waals surface area (Å²) in [4.78, 5) is 33.7. The number of benzene rings is 2. The van der Waals surface area contributed by atoms with Crippen LogP contribution in [-0.2, 0) is 23.2 Å². The van der Waals surface area contributed by atoms with Gasteiger partial charge in [-0.1, -0.05) is 30.3 Å². The largest absolute Gasteiger partial charge is 0.496 e. The lowest BCUT2D eigenvalue weighted by Crippen LogP contribution is -2.38. The topological polar surface area (TPSA) is 127 Å². The lowest BCUT2D eigenvalue weighted by Gasteiger charge is -2.23. The molecule has 0 unspecified atom stereocenters. The lowest BCUT2D eigenvalue weighted by molar-refractivity contribution is 0.0740. The number of carbonyl (C=O) groups excluding carboxylic acids is 2. The second-order valence-corrected chi connectivity index (χ2v) is 12.3. The monoisotopic (exact) mass is 586 g/mol. The second-order valence-electron chi connectivity index (χ2n) is 9.56. The van der Waals surface area contributed by atoms with Gasteiger partial charge < -0.3 is 14.4 Å². The minimum absolute atomic E-state index is 0.0942. The summed E-state index contributed by atoms with van der Waals surface area (Å²) in [5, 5.41) is 0.563. The number of rotatable bonds is 13. The number of thiazole rings is 1. The Morgan fingerprint density at radius 3 is 2.33 bits per heavy atom. The highest BCUT2D eigenvalue weighted by Crippen LogP contribution is 2.44. The maximum absolute atomic E-state index is 13.9. The molecule has 0 aliphatic heterocycles.